The predicted octanol–water partition coefficient (Wildman–Crippen LogP) is 1.96. The molecule has 0 aliphatic rings. The van der Waals surface area contributed by atoms with Crippen LogP contribution in [0.5, 0.6) is 0 Å². The van der Waals surface area contributed by atoms with E-state index in [2.05, 4.69) is 0 Å². The molecule has 142 valence electrons. The maximum Gasteiger partial charge on any atom is 0.335 e. The minimum atomic E-state index is -4.70. The second-order valence-electron chi connectivity index (χ2n) is 5.40. The van der Waals surface area contributed by atoms with Crippen LogP contribution in [-0.4, -0.2) is 41.5 Å². The number of benzene rings is 2. The maximum atomic E-state index is 13.1. The molecule has 0 radical (unpaired) electrons. The van der Waals surface area contributed by atoms with E-state index in [1.165, 1.54) is 30.3 Å². The molecule has 1 unspecified atom stereocenters. The van der Waals surface area contributed by atoms with Gasteiger partial charge in [0.2, 0.25) is 0 Å². The zero-order chi connectivity index (χ0) is 20.4. The molecule has 0 fully saturated rings. The summed E-state index contributed by atoms with van der Waals surface area (Å²) >= 11 is 0. The van der Waals surface area contributed by atoms with E-state index in [1.54, 1.807) is 0 Å². The zero-order valence-corrected chi connectivity index (χ0v) is 14.7. The van der Waals surface area contributed by atoms with Crippen LogP contribution in [0.25, 0.3) is 0 Å². The number of nitrogens with zero attached hydrogens (tertiary/aromatic N) is 2. The summed E-state index contributed by atoms with van der Waals surface area (Å²) in [6.45, 7) is 1.07. The molecule has 1 atom stereocenters. The maximum absolute atomic E-state index is 13.1. The van der Waals surface area contributed by atoms with E-state index < -0.39 is 43.5 Å². The highest BCUT2D eigenvalue weighted by molar-refractivity contribution is 7.93. The topological polar surface area (TPSA) is 155 Å². The fraction of sp³-hybridized carbons (Fsp3) is 0.125. The Balaban J connectivity index is 2.75. The molecule has 0 saturated carbocycles. The van der Waals surface area contributed by atoms with Gasteiger partial charge in [0.1, 0.15) is 6.04 Å². The predicted molar refractivity (Wildman–Crippen MR) is 93.3 cm³/mol. The van der Waals surface area contributed by atoms with Crippen LogP contribution in [0.4, 0.5) is 11.4 Å². The number of rotatable bonds is 7. The van der Waals surface area contributed by atoms with Gasteiger partial charge in [-0.2, -0.15) is 0 Å². The molecule has 0 aliphatic carbocycles. The third-order valence-electron chi connectivity index (χ3n) is 3.66. The Kier molecular flexibility index (Phi) is 5.45. The van der Waals surface area contributed by atoms with Gasteiger partial charge >= 0.3 is 11.9 Å². The molecule has 2 rings (SSSR count). The van der Waals surface area contributed by atoms with Crippen molar-refractivity contribution in [2.45, 2.75) is 17.9 Å². The molecule has 11 heteroatoms. The van der Waals surface area contributed by atoms with Crippen molar-refractivity contribution < 1.29 is 33.1 Å². The number of hydrogen-bond donors (Lipinski definition) is 2. The molecule has 0 aliphatic heterocycles. The number of hydrogen-bond acceptors (Lipinski definition) is 6. The van der Waals surface area contributed by atoms with Gasteiger partial charge in [-0.1, -0.05) is 18.2 Å². The van der Waals surface area contributed by atoms with Gasteiger partial charge in [-0.15, -0.1) is 0 Å². The van der Waals surface area contributed by atoms with Gasteiger partial charge < -0.3 is 10.2 Å². The third kappa shape index (κ3) is 3.87. The highest BCUT2D eigenvalue weighted by atomic mass is 32.2. The molecular formula is C16H14N2O8S. The van der Waals surface area contributed by atoms with Crippen molar-refractivity contribution >= 4 is 33.3 Å². The van der Waals surface area contributed by atoms with E-state index in [4.69, 9.17) is 5.11 Å². The molecule has 2 N–H and O–H groups in total. The lowest BCUT2D eigenvalue weighted by Gasteiger charge is -2.28. The summed E-state index contributed by atoms with van der Waals surface area (Å²) in [6, 6.07) is 7.47. The van der Waals surface area contributed by atoms with E-state index in [0.717, 1.165) is 25.1 Å². The normalized spacial score (nSPS) is 12.2. The Bertz CT molecular complexity index is 1020. The molecule has 2 aromatic rings. The number of carbonyl (C=O) groups is 2. The first-order valence-corrected chi connectivity index (χ1v) is 8.85. The number of nitro benzene ring substituents is 1. The quantitative estimate of drug-likeness (QED) is 0.533. The lowest BCUT2D eigenvalue weighted by molar-refractivity contribution is -0.387. The highest BCUT2D eigenvalue weighted by Crippen LogP contribution is 2.31. The van der Waals surface area contributed by atoms with Crippen LogP contribution in [-0.2, 0) is 14.8 Å². The van der Waals surface area contributed by atoms with Crippen molar-refractivity contribution in [3.63, 3.8) is 0 Å². The van der Waals surface area contributed by atoms with Crippen LogP contribution in [0.2, 0.25) is 0 Å². The zero-order valence-electron chi connectivity index (χ0n) is 13.8. The average molecular weight is 394 g/mol. The molecule has 0 spiro atoms. The average Bonchev–Trinajstić information content (AvgIpc) is 2.61. The molecule has 2 aromatic carbocycles. The molecule has 10 nitrogen and oxygen atoms in total. The number of nitro groups is 1. The lowest BCUT2D eigenvalue weighted by atomic mass is 10.2. The van der Waals surface area contributed by atoms with Crippen molar-refractivity contribution in [2.75, 3.05) is 4.31 Å². The first-order chi connectivity index (χ1) is 12.6. The fourth-order valence-corrected chi connectivity index (χ4v) is 4.15. The van der Waals surface area contributed by atoms with Crippen LogP contribution < -0.4 is 4.31 Å². The number of aliphatic carboxylic acids is 1. The van der Waals surface area contributed by atoms with Crippen molar-refractivity contribution in [3.8, 4) is 0 Å². The first-order valence-electron chi connectivity index (χ1n) is 7.41. The van der Waals surface area contributed by atoms with Crippen LogP contribution in [0.3, 0.4) is 0 Å². The number of aromatic carboxylic acids is 1. The molecular weight excluding hydrogens is 380 g/mol. The Hall–Kier alpha value is -3.47. The largest absolute Gasteiger partial charge is 0.480 e. The summed E-state index contributed by atoms with van der Waals surface area (Å²) in [6.07, 6.45) is 0. The minimum Gasteiger partial charge on any atom is -0.480 e. The van der Waals surface area contributed by atoms with Crippen molar-refractivity contribution in [1.82, 2.24) is 0 Å². The second-order valence-corrected chi connectivity index (χ2v) is 7.18. The molecule has 0 bridgehead atoms. The Morgan fingerprint density at radius 1 is 1.11 bits per heavy atom. The van der Waals surface area contributed by atoms with E-state index >= 15 is 0 Å². The van der Waals surface area contributed by atoms with Crippen LogP contribution >= 0.6 is 0 Å². The van der Waals surface area contributed by atoms with Gasteiger partial charge in [0.05, 0.1) is 16.2 Å². The third-order valence-corrected chi connectivity index (χ3v) is 5.60. The number of anilines is 1. The number of para-hydroxylation sites is 1. The summed E-state index contributed by atoms with van der Waals surface area (Å²) in [4.78, 5) is 32.2. The lowest BCUT2D eigenvalue weighted by Crippen LogP contribution is -2.43. The van der Waals surface area contributed by atoms with E-state index in [0.29, 0.717) is 4.31 Å². The van der Waals surface area contributed by atoms with E-state index in [9.17, 15) is 33.2 Å². The molecule has 0 heterocycles. The van der Waals surface area contributed by atoms with Crippen LogP contribution in [0.15, 0.2) is 53.4 Å². The van der Waals surface area contributed by atoms with Gasteiger partial charge in [-0.05, 0) is 31.2 Å². The number of carboxylic acids is 2. The van der Waals surface area contributed by atoms with E-state index in [1.807, 2.05) is 0 Å². The fourth-order valence-electron chi connectivity index (χ4n) is 2.38. The Morgan fingerprint density at radius 3 is 2.30 bits per heavy atom. The van der Waals surface area contributed by atoms with Crippen molar-refractivity contribution in [2.24, 2.45) is 0 Å². The van der Waals surface area contributed by atoms with Crippen molar-refractivity contribution in [1.29, 1.82) is 0 Å². The summed E-state index contributed by atoms with van der Waals surface area (Å²) < 4.78 is 26.6. The standard InChI is InChI=1S/C16H14N2O8S/c1-10(15(19)20)17(12-6-4-5-11(9-12)16(21)22)27(25,26)14-8-3-2-7-13(14)18(23)24/h2-10H,1H3,(H,19,20)(H,21,22). The number of carboxylic acid groups (broad SMARTS) is 2. The van der Waals surface area contributed by atoms with Crippen LogP contribution in [0.1, 0.15) is 17.3 Å². The summed E-state index contributed by atoms with van der Waals surface area (Å²) in [7, 11) is -4.70. The molecule has 0 saturated heterocycles. The smallest absolute Gasteiger partial charge is 0.335 e. The Labute approximate surface area is 153 Å². The summed E-state index contributed by atoms with van der Waals surface area (Å²) in [5.41, 5.74) is -1.25. The van der Waals surface area contributed by atoms with E-state index in [-0.39, 0.29) is 11.3 Å². The second kappa shape index (κ2) is 7.41. The first kappa shape index (κ1) is 19.8. The monoisotopic (exact) mass is 394 g/mol. The van der Waals surface area contributed by atoms with Gasteiger partial charge in [-0.3, -0.25) is 14.4 Å². The van der Waals surface area contributed by atoms with Gasteiger partial charge in [0.25, 0.3) is 15.7 Å². The minimum absolute atomic E-state index is 0.247. The summed E-state index contributed by atoms with van der Waals surface area (Å²) in [5.74, 6) is -2.86. The van der Waals surface area contributed by atoms with Crippen LogP contribution in [0, 0.1) is 10.1 Å². The molecule has 0 amide bonds. The van der Waals surface area contributed by atoms with Crippen molar-refractivity contribution in [3.05, 3.63) is 64.2 Å². The Morgan fingerprint density at radius 2 is 1.74 bits per heavy atom. The molecule has 0 aromatic heterocycles. The van der Waals surface area contributed by atoms with Gasteiger partial charge in [0.15, 0.2) is 4.90 Å². The molecule has 27 heavy (non-hydrogen) atoms. The van der Waals surface area contributed by atoms with Gasteiger partial charge in [0, 0.05) is 6.07 Å². The van der Waals surface area contributed by atoms with Gasteiger partial charge in [-0.25, -0.2) is 18.0 Å². The summed E-state index contributed by atoms with van der Waals surface area (Å²) in [5, 5.41) is 29.6. The highest BCUT2D eigenvalue weighted by Gasteiger charge is 2.37. The SMILES string of the molecule is CC(C(=O)O)N(c1cccc(C(=O)O)c1)S(=O)(=O)c1ccccc1[N+](=O)[O-]. The number of sulfonamides is 1.